The third kappa shape index (κ3) is 5.14. The molecule has 1 saturated heterocycles. The van der Waals surface area contributed by atoms with Crippen LogP contribution >= 0.6 is 22.7 Å². The van der Waals surface area contributed by atoms with Crippen LogP contribution in [0.5, 0.6) is 5.75 Å². The zero-order valence-electron chi connectivity index (χ0n) is 16.5. The van der Waals surface area contributed by atoms with E-state index in [-0.39, 0.29) is 5.91 Å². The number of aromatic nitrogens is 1. The van der Waals surface area contributed by atoms with Gasteiger partial charge >= 0.3 is 0 Å². The maximum Gasteiger partial charge on any atom is 0.234 e. The number of rotatable bonds is 8. The van der Waals surface area contributed by atoms with Crippen LogP contribution < -0.4 is 9.64 Å². The first-order valence-corrected chi connectivity index (χ1v) is 11.5. The lowest BCUT2D eigenvalue weighted by molar-refractivity contribution is -0.118. The number of methoxy groups -OCH3 is 1. The van der Waals surface area contributed by atoms with Crippen molar-refractivity contribution in [3.05, 3.63) is 40.6 Å². The summed E-state index contributed by atoms with van der Waals surface area (Å²) >= 11 is 3.18. The zero-order chi connectivity index (χ0) is 20.1. The minimum absolute atomic E-state index is 0.0976. The molecule has 8 heteroatoms. The molecule has 0 atom stereocenters. The Morgan fingerprint density at radius 1 is 1.31 bits per heavy atom. The molecule has 1 aromatic carbocycles. The second-order valence-electron chi connectivity index (χ2n) is 6.94. The molecule has 154 valence electrons. The van der Waals surface area contributed by atoms with Crippen molar-refractivity contribution in [3.63, 3.8) is 0 Å². The van der Waals surface area contributed by atoms with E-state index in [1.54, 1.807) is 29.8 Å². The number of morpholine rings is 1. The lowest BCUT2D eigenvalue weighted by Gasteiger charge is -2.27. The van der Waals surface area contributed by atoms with Gasteiger partial charge in [-0.15, -0.1) is 11.3 Å². The second-order valence-corrected chi connectivity index (χ2v) is 8.98. The fraction of sp³-hybridized carbons (Fsp3) is 0.429. The molecule has 0 spiro atoms. The maximum absolute atomic E-state index is 13.1. The van der Waals surface area contributed by atoms with E-state index in [0.717, 1.165) is 65.2 Å². The average Bonchev–Trinajstić information content (AvgIpc) is 3.40. The summed E-state index contributed by atoms with van der Waals surface area (Å²) in [6.45, 7) is 5.14. The fourth-order valence-corrected chi connectivity index (χ4v) is 5.08. The summed E-state index contributed by atoms with van der Waals surface area (Å²) in [5.41, 5.74) is 0.867. The largest absolute Gasteiger partial charge is 0.497 e. The second kappa shape index (κ2) is 9.67. The van der Waals surface area contributed by atoms with Crippen LogP contribution in [0.1, 0.15) is 11.3 Å². The van der Waals surface area contributed by atoms with Crippen LogP contribution in [0.15, 0.2) is 35.7 Å². The number of carbonyl (C=O) groups is 1. The molecule has 1 fully saturated rings. The first-order chi connectivity index (χ1) is 14.2. The van der Waals surface area contributed by atoms with Crippen molar-refractivity contribution in [2.45, 2.75) is 12.8 Å². The minimum Gasteiger partial charge on any atom is -0.497 e. The van der Waals surface area contributed by atoms with Crippen molar-refractivity contribution < 1.29 is 14.3 Å². The number of amides is 1. The molecule has 3 aromatic rings. The molecule has 0 aliphatic carbocycles. The van der Waals surface area contributed by atoms with Gasteiger partial charge in [-0.1, -0.05) is 17.4 Å². The Balaban J connectivity index is 1.50. The summed E-state index contributed by atoms with van der Waals surface area (Å²) < 4.78 is 11.8. The van der Waals surface area contributed by atoms with E-state index < -0.39 is 0 Å². The van der Waals surface area contributed by atoms with Crippen LogP contribution in [0, 0.1) is 0 Å². The molecule has 0 N–H and O–H groups in total. The molecular formula is C21H25N3O3S2. The number of nitrogens with zero attached hydrogens (tertiary/aromatic N) is 3. The molecule has 6 nitrogen and oxygen atoms in total. The summed E-state index contributed by atoms with van der Waals surface area (Å²) in [7, 11) is 1.65. The summed E-state index contributed by atoms with van der Waals surface area (Å²) in [5, 5.41) is 2.77. The van der Waals surface area contributed by atoms with Gasteiger partial charge in [-0.05, 0) is 30.0 Å². The number of thiophene rings is 1. The molecule has 1 aliphatic rings. The lowest BCUT2D eigenvalue weighted by atomic mass is 10.3. The summed E-state index contributed by atoms with van der Waals surface area (Å²) in [6, 6.07) is 9.86. The third-order valence-electron chi connectivity index (χ3n) is 4.98. The van der Waals surface area contributed by atoms with E-state index >= 15 is 0 Å². The van der Waals surface area contributed by atoms with Crippen LogP contribution in [0.4, 0.5) is 5.13 Å². The highest BCUT2D eigenvalue weighted by atomic mass is 32.1. The lowest BCUT2D eigenvalue weighted by Crippen LogP contribution is -2.39. The molecule has 0 radical (unpaired) electrons. The quantitative estimate of drug-likeness (QED) is 0.545. The highest BCUT2D eigenvalue weighted by Crippen LogP contribution is 2.31. The van der Waals surface area contributed by atoms with Gasteiger partial charge in [-0.3, -0.25) is 14.6 Å². The van der Waals surface area contributed by atoms with Gasteiger partial charge in [0.25, 0.3) is 0 Å². The predicted octanol–water partition coefficient (Wildman–Crippen LogP) is 3.66. The number of benzene rings is 1. The Bertz CT molecular complexity index is 936. The van der Waals surface area contributed by atoms with Crippen molar-refractivity contribution in [1.29, 1.82) is 0 Å². The van der Waals surface area contributed by atoms with Gasteiger partial charge in [0, 0.05) is 37.1 Å². The monoisotopic (exact) mass is 431 g/mol. The maximum atomic E-state index is 13.1. The van der Waals surface area contributed by atoms with E-state index in [0.29, 0.717) is 13.0 Å². The number of ether oxygens (including phenoxy) is 2. The van der Waals surface area contributed by atoms with Gasteiger partial charge in [-0.25, -0.2) is 4.98 Å². The Morgan fingerprint density at radius 2 is 2.17 bits per heavy atom. The predicted molar refractivity (Wildman–Crippen MR) is 118 cm³/mol. The number of hydrogen-bond acceptors (Lipinski definition) is 7. The first-order valence-electron chi connectivity index (χ1n) is 9.80. The van der Waals surface area contributed by atoms with Crippen LogP contribution in [0.25, 0.3) is 10.2 Å². The molecule has 0 unspecified atom stereocenters. The van der Waals surface area contributed by atoms with E-state index in [1.807, 2.05) is 40.6 Å². The Labute approximate surface area is 178 Å². The minimum atomic E-state index is 0.0976. The average molecular weight is 432 g/mol. The van der Waals surface area contributed by atoms with Crippen LogP contribution in [-0.4, -0.2) is 62.3 Å². The molecule has 1 amide bonds. The molecule has 0 bridgehead atoms. The Morgan fingerprint density at radius 3 is 2.93 bits per heavy atom. The number of carbonyl (C=O) groups excluding carboxylic acids is 1. The molecule has 3 heterocycles. The van der Waals surface area contributed by atoms with Gasteiger partial charge < -0.3 is 9.47 Å². The number of anilines is 1. The van der Waals surface area contributed by atoms with Crippen molar-refractivity contribution in [1.82, 2.24) is 9.88 Å². The number of hydrogen-bond donors (Lipinski definition) is 0. The van der Waals surface area contributed by atoms with E-state index in [2.05, 4.69) is 4.90 Å². The van der Waals surface area contributed by atoms with Gasteiger partial charge in [0.05, 0.1) is 37.0 Å². The van der Waals surface area contributed by atoms with Gasteiger partial charge in [0.2, 0.25) is 5.91 Å². The smallest absolute Gasteiger partial charge is 0.234 e. The normalized spacial score (nSPS) is 14.9. The Hall–Kier alpha value is -2.00. The van der Waals surface area contributed by atoms with Crippen LogP contribution in [0.3, 0.4) is 0 Å². The third-order valence-corrected chi connectivity index (χ3v) is 6.92. The molecule has 29 heavy (non-hydrogen) atoms. The van der Waals surface area contributed by atoms with Crippen LogP contribution in [0.2, 0.25) is 0 Å². The topological polar surface area (TPSA) is 54.9 Å². The SMILES string of the molecule is COc1ccc2sc(N(CCCN3CCOCC3)C(=O)Cc3cccs3)nc2c1. The summed E-state index contributed by atoms with van der Waals surface area (Å²) in [6.07, 6.45) is 1.32. The molecule has 0 saturated carbocycles. The van der Waals surface area contributed by atoms with Crippen molar-refractivity contribution in [2.75, 3.05) is 51.4 Å². The van der Waals surface area contributed by atoms with Crippen molar-refractivity contribution >= 4 is 43.9 Å². The standard InChI is InChI=1S/C21H25N3O3S2/c1-26-16-5-6-19-18(14-16)22-21(29-19)24(20(25)15-17-4-2-13-28-17)8-3-7-23-9-11-27-12-10-23/h2,4-6,13-14H,3,7-12,15H2,1H3. The highest BCUT2D eigenvalue weighted by Gasteiger charge is 2.21. The van der Waals surface area contributed by atoms with E-state index in [1.165, 1.54) is 0 Å². The van der Waals surface area contributed by atoms with Crippen molar-refractivity contribution in [3.8, 4) is 5.75 Å². The summed E-state index contributed by atoms with van der Waals surface area (Å²) in [5.74, 6) is 0.874. The van der Waals surface area contributed by atoms with Gasteiger partial charge in [0.15, 0.2) is 5.13 Å². The fourth-order valence-electron chi connectivity index (χ4n) is 3.40. The number of thiazole rings is 1. The molecular weight excluding hydrogens is 406 g/mol. The first kappa shape index (κ1) is 20.3. The van der Waals surface area contributed by atoms with E-state index in [9.17, 15) is 4.79 Å². The molecule has 4 rings (SSSR count). The summed E-state index contributed by atoms with van der Waals surface area (Å²) in [4.78, 5) is 23.2. The zero-order valence-corrected chi connectivity index (χ0v) is 18.1. The Kier molecular flexibility index (Phi) is 6.76. The highest BCUT2D eigenvalue weighted by molar-refractivity contribution is 7.22. The van der Waals surface area contributed by atoms with Crippen LogP contribution in [-0.2, 0) is 16.0 Å². The number of fused-ring (bicyclic) bond motifs is 1. The van der Waals surface area contributed by atoms with Gasteiger partial charge in [-0.2, -0.15) is 0 Å². The molecule has 2 aromatic heterocycles. The van der Waals surface area contributed by atoms with E-state index in [4.69, 9.17) is 14.5 Å². The van der Waals surface area contributed by atoms with Gasteiger partial charge in [0.1, 0.15) is 5.75 Å². The molecule has 1 aliphatic heterocycles. The van der Waals surface area contributed by atoms with Crippen molar-refractivity contribution in [2.24, 2.45) is 0 Å².